The van der Waals surface area contributed by atoms with E-state index in [1.54, 1.807) is 0 Å². The van der Waals surface area contributed by atoms with Crippen molar-refractivity contribution in [1.82, 2.24) is 5.32 Å². The van der Waals surface area contributed by atoms with Gasteiger partial charge in [0.05, 0.1) is 6.61 Å². The minimum Gasteiger partial charge on any atom is -0.494 e. The summed E-state index contributed by atoms with van der Waals surface area (Å²) in [4.78, 5) is 0. The van der Waals surface area contributed by atoms with Gasteiger partial charge in [-0.2, -0.15) is 0 Å². The van der Waals surface area contributed by atoms with E-state index in [1.807, 2.05) is 31.2 Å². The Kier molecular flexibility index (Phi) is 8.21. The molecule has 0 fully saturated rings. The molecule has 4 heteroatoms. The summed E-state index contributed by atoms with van der Waals surface area (Å²) in [6.07, 6.45) is 1.01. The Hall–Kier alpha value is -1.22. The molecule has 0 heterocycles. The standard InChI is InChI=1S/C17H20ClNO.ClH/c1-2-20-17-9-5-15(6-10-17)13-19-12-11-14-3-7-16(18)8-4-14;/h3-10,19H,2,11-13H2,1H3;1H. The maximum absolute atomic E-state index is 5.86. The summed E-state index contributed by atoms with van der Waals surface area (Å²) >= 11 is 5.86. The van der Waals surface area contributed by atoms with Crippen LogP contribution in [0.2, 0.25) is 5.02 Å². The van der Waals surface area contributed by atoms with Gasteiger partial charge in [0.2, 0.25) is 0 Å². The van der Waals surface area contributed by atoms with Crippen molar-refractivity contribution < 1.29 is 4.74 Å². The summed E-state index contributed by atoms with van der Waals surface area (Å²) in [7, 11) is 0. The zero-order chi connectivity index (χ0) is 14.2. The molecule has 2 rings (SSSR count). The van der Waals surface area contributed by atoms with Crippen molar-refractivity contribution in [3.8, 4) is 5.75 Å². The summed E-state index contributed by atoms with van der Waals surface area (Å²) in [6, 6.07) is 16.2. The number of rotatable bonds is 7. The van der Waals surface area contributed by atoms with E-state index in [0.717, 1.165) is 30.3 Å². The van der Waals surface area contributed by atoms with Gasteiger partial charge < -0.3 is 10.1 Å². The van der Waals surface area contributed by atoms with E-state index in [-0.39, 0.29) is 12.4 Å². The number of ether oxygens (including phenoxy) is 1. The molecule has 0 radical (unpaired) electrons. The molecule has 0 saturated heterocycles. The van der Waals surface area contributed by atoms with Gasteiger partial charge >= 0.3 is 0 Å². The van der Waals surface area contributed by atoms with Crippen LogP contribution in [0.5, 0.6) is 5.75 Å². The number of hydrogen-bond donors (Lipinski definition) is 1. The zero-order valence-corrected chi connectivity index (χ0v) is 13.7. The second-order valence-electron chi connectivity index (χ2n) is 4.63. The maximum atomic E-state index is 5.86. The van der Waals surface area contributed by atoms with E-state index >= 15 is 0 Å². The van der Waals surface area contributed by atoms with E-state index in [0.29, 0.717) is 6.61 Å². The average molecular weight is 326 g/mol. The topological polar surface area (TPSA) is 21.3 Å². The van der Waals surface area contributed by atoms with Gasteiger partial charge in [-0.15, -0.1) is 12.4 Å². The van der Waals surface area contributed by atoms with E-state index in [1.165, 1.54) is 11.1 Å². The first-order valence-corrected chi connectivity index (χ1v) is 7.32. The number of hydrogen-bond acceptors (Lipinski definition) is 2. The zero-order valence-electron chi connectivity index (χ0n) is 12.1. The van der Waals surface area contributed by atoms with Gasteiger partial charge in [-0.1, -0.05) is 35.9 Å². The van der Waals surface area contributed by atoms with Crippen LogP contribution in [-0.4, -0.2) is 13.2 Å². The van der Waals surface area contributed by atoms with Crippen LogP contribution in [0, 0.1) is 0 Å². The maximum Gasteiger partial charge on any atom is 0.119 e. The van der Waals surface area contributed by atoms with Gasteiger partial charge in [-0.05, 0) is 55.3 Å². The summed E-state index contributed by atoms with van der Waals surface area (Å²) in [5, 5.41) is 4.23. The third-order valence-electron chi connectivity index (χ3n) is 3.07. The summed E-state index contributed by atoms with van der Waals surface area (Å²) < 4.78 is 5.42. The second kappa shape index (κ2) is 9.67. The minimum atomic E-state index is 0. The molecule has 114 valence electrons. The highest BCUT2D eigenvalue weighted by molar-refractivity contribution is 6.30. The van der Waals surface area contributed by atoms with E-state index in [4.69, 9.17) is 16.3 Å². The van der Waals surface area contributed by atoms with Crippen LogP contribution >= 0.6 is 24.0 Å². The van der Waals surface area contributed by atoms with Crippen LogP contribution in [0.3, 0.4) is 0 Å². The Bertz CT molecular complexity index is 511. The smallest absolute Gasteiger partial charge is 0.119 e. The Morgan fingerprint density at radius 3 is 2.19 bits per heavy atom. The molecule has 2 nitrogen and oxygen atoms in total. The highest BCUT2D eigenvalue weighted by atomic mass is 35.5. The molecule has 0 bridgehead atoms. The average Bonchev–Trinajstić information content (AvgIpc) is 2.47. The lowest BCUT2D eigenvalue weighted by atomic mass is 10.1. The minimum absolute atomic E-state index is 0. The van der Waals surface area contributed by atoms with Gasteiger partial charge in [0.25, 0.3) is 0 Å². The van der Waals surface area contributed by atoms with Crippen LogP contribution in [0.25, 0.3) is 0 Å². The molecule has 0 atom stereocenters. The summed E-state index contributed by atoms with van der Waals surface area (Å²) in [5.41, 5.74) is 2.57. The molecule has 0 aliphatic carbocycles. The Labute approximate surface area is 137 Å². The quantitative estimate of drug-likeness (QED) is 0.757. The first-order chi connectivity index (χ1) is 9.78. The lowest BCUT2D eigenvalue weighted by Gasteiger charge is -2.07. The molecule has 21 heavy (non-hydrogen) atoms. The van der Waals surface area contributed by atoms with Crippen molar-refractivity contribution >= 4 is 24.0 Å². The predicted octanol–water partition coefficient (Wildman–Crippen LogP) is 4.49. The normalized spacial score (nSPS) is 10.0. The van der Waals surface area contributed by atoms with Crippen molar-refractivity contribution in [2.45, 2.75) is 19.9 Å². The van der Waals surface area contributed by atoms with Crippen molar-refractivity contribution in [1.29, 1.82) is 0 Å². The molecule has 2 aromatic rings. The molecule has 1 N–H and O–H groups in total. The molecule has 0 saturated carbocycles. The number of halogens is 2. The van der Waals surface area contributed by atoms with Crippen LogP contribution in [0.1, 0.15) is 18.1 Å². The molecule has 0 aliphatic rings. The van der Waals surface area contributed by atoms with Gasteiger partial charge in [-0.3, -0.25) is 0 Å². The molecule has 0 unspecified atom stereocenters. The third kappa shape index (κ3) is 6.38. The molecule has 0 aliphatic heterocycles. The lowest BCUT2D eigenvalue weighted by Crippen LogP contribution is -2.16. The molecule has 2 aromatic carbocycles. The van der Waals surface area contributed by atoms with Gasteiger partial charge in [0.1, 0.15) is 5.75 Å². The number of benzene rings is 2. The van der Waals surface area contributed by atoms with E-state index < -0.39 is 0 Å². The number of nitrogens with one attached hydrogen (secondary N) is 1. The van der Waals surface area contributed by atoms with Crippen LogP contribution < -0.4 is 10.1 Å². The van der Waals surface area contributed by atoms with Crippen LogP contribution in [0.15, 0.2) is 48.5 Å². The van der Waals surface area contributed by atoms with E-state index in [9.17, 15) is 0 Å². The highest BCUT2D eigenvalue weighted by Gasteiger charge is 1.96. The van der Waals surface area contributed by atoms with Crippen molar-refractivity contribution in [2.75, 3.05) is 13.2 Å². The summed E-state index contributed by atoms with van der Waals surface area (Å²) in [6.45, 7) is 4.53. The van der Waals surface area contributed by atoms with Crippen LogP contribution in [0.4, 0.5) is 0 Å². The Morgan fingerprint density at radius 2 is 1.57 bits per heavy atom. The van der Waals surface area contributed by atoms with E-state index in [2.05, 4.69) is 29.6 Å². The largest absolute Gasteiger partial charge is 0.494 e. The second-order valence-corrected chi connectivity index (χ2v) is 5.07. The first kappa shape index (κ1) is 17.8. The Balaban J connectivity index is 0.00000220. The molecular weight excluding hydrogens is 305 g/mol. The van der Waals surface area contributed by atoms with Gasteiger partial charge in [0, 0.05) is 11.6 Å². The fraction of sp³-hybridized carbons (Fsp3) is 0.294. The van der Waals surface area contributed by atoms with Crippen molar-refractivity contribution in [2.24, 2.45) is 0 Å². The van der Waals surface area contributed by atoms with Crippen molar-refractivity contribution in [3.05, 3.63) is 64.7 Å². The Morgan fingerprint density at radius 1 is 0.952 bits per heavy atom. The highest BCUT2D eigenvalue weighted by Crippen LogP contribution is 2.12. The summed E-state index contributed by atoms with van der Waals surface area (Å²) in [5.74, 6) is 0.928. The molecule has 0 aromatic heterocycles. The van der Waals surface area contributed by atoms with Crippen LogP contribution in [-0.2, 0) is 13.0 Å². The fourth-order valence-corrected chi connectivity index (χ4v) is 2.11. The predicted molar refractivity (Wildman–Crippen MR) is 91.7 cm³/mol. The van der Waals surface area contributed by atoms with Gasteiger partial charge in [0.15, 0.2) is 0 Å². The SMILES string of the molecule is CCOc1ccc(CNCCc2ccc(Cl)cc2)cc1.Cl. The fourth-order valence-electron chi connectivity index (χ4n) is 1.99. The van der Waals surface area contributed by atoms with Gasteiger partial charge in [-0.25, -0.2) is 0 Å². The van der Waals surface area contributed by atoms with Crippen molar-refractivity contribution in [3.63, 3.8) is 0 Å². The molecule has 0 spiro atoms. The lowest BCUT2D eigenvalue weighted by molar-refractivity contribution is 0.340. The third-order valence-corrected chi connectivity index (χ3v) is 3.32. The molecular formula is C17H21Cl2NO. The molecule has 0 amide bonds. The monoisotopic (exact) mass is 325 g/mol. The first-order valence-electron chi connectivity index (χ1n) is 6.95.